The molecule has 0 aromatic heterocycles. The van der Waals surface area contributed by atoms with Crippen molar-refractivity contribution >= 4 is 15.7 Å². The van der Waals surface area contributed by atoms with Crippen LogP contribution in [0.25, 0.3) is 0 Å². The lowest BCUT2D eigenvalue weighted by Gasteiger charge is -2.25. The molecule has 0 aliphatic heterocycles. The molecule has 0 radical (unpaired) electrons. The average molecular weight is 553 g/mol. The van der Waals surface area contributed by atoms with Gasteiger partial charge in [0.2, 0.25) is 5.91 Å². The van der Waals surface area contributed by atoms with E-state index in [1.807, 2.05) is 32.0 Å². The summed E-state index contributed by atoms with van der Waals surface area (Å²) < 4.78 is 53.2. The second-order valence-corrected chi connectivity index (χ2v) is 12.2. The van der Waals surface area contributed by atoms with Crippen molar-refractivity contribution in [2.45, 2.75) is 89.7 Å². The Kier molecular flexibility index (Phi) is 13.3. The summed E-state index contributed by atoms with van der Waals surface area (Å²) in [5.74, 6) is -2.32. The summed E-state index contributed by atoms with van der Waals surface area (Å²) in [6.07, 6.45) is 2.15. The fourth-order valence-electron chi connectivity index (χ4n) is 4.56. The SMILES string of the molecule is CCCC(CCC)S(=O)(=O)CCC(=O)N[C@@H](Cc1cc(F)cc(F)c1)[C@H](O)CNCc1cccc(CC)c1. The summed E-state index contributed by atoms with van der Waals surface area (Å²) in [6, 6.07) is 10.2. The highest BCUT2D eigenvalue weighted by atomic mass is 32.2. The molecule has 2 aromatic rings. The van der Waals surface area contributed by atoms with Gasteiger partial charge in [0.25, 0.3) is 0 Å². The Morgan fingerprint density at radius 2 is 1.58 bits per heavy atom. The molecule has 9 heteroatoms. The molecule has 0 bridgehead atoms. The van der Waals surface area contributed by atoms with Crippen molar-refractivity contribution in [3.05, 3.63) is 70.8 Å². The molecule has 0 unspecified atom stereocenters. The number of rotatable bonds is 17. The van der Waals surface area contributed by atoms with E-state index >= 15 is 0 Å². The fraction of sp³-hybridized carbons (Fsp3) is 0.552. The van der Waals surface area contributed by atoms with E-state index in [0.29, 0.717) is 19.4 Å². The molecule has 2 rings (SSSR count). The summed E-state index contributed by atoms with van der Waals surface area (Å²) in [5.41, 5.74) is 2.52. The highest BCUT2D eigenvalue weighted by Crippen LogP contribution is 2.17. The number of carbonyl (C=O) groups excluding carboxylic acids is 1. The number of aliphatic hydroxyl groups excluding tert-OH is 1. The molecule has 0 fully saturated rings. The van der Waals surface area contributed by atoms with Crippen molar-refractivity contribution in [3.63, 3.8) is 0 Å². The van der Waals surface area contributed by atoms with Crippen molar-refractivity contribution in [2.24, 2.45) is 0 Å². The first kappa shape index (κ1) is 31.9. The van der Waals surface area contributed by atoms with Crippen LogP contribution in [0.4, 0.5) is 8.78 Å². The molecule has 6 nitrogen and oxygen atoms in total. The summed E-state index contributed by atoms with van der Waals surface area (Å²) in [7, 11) is -3.45. The number of hydrogen-bond acceptors (Lipinski definition) is 5. The average Bonchev–Trinajstić information content (AvgIpc) is 2.86. The third kappa shape index (κ3) is 10.8. The van der Waals surface area contributed by atoms with Gasteiger partial charge in [0, 0.05) is 25.6 Å². The molecule has 0 spiro atoms. The molecule has 0 saturated heterocycles. The van der Waals surface area contributed by atoms with Gasteiger partial charge in [-0.25, -0.2) is 17.2 Å². The molecule has 38 heavy (non-hydrogen) atoms. The van der Waals surface area contributed by atoms with Crippen molar-refractivity contribution in [1.29, 1.82) is 0 Å². The van der Waals surface area contributed by atoms with E-state index in [1.54, 1.807) is 0 Å². The first-order valence-electron chi connectivity index (χ1n) is 13.5. The van der Waals surface area contributed by atoms with Gasteiger partial charge in [-0.2, -0.15) is 0 Å². The van der Waals surface area contributed by atoms with Crippen LogP contribution in [0.2, 0.25) is 0 Å². The Labute approximate surface area is 226 Å². The van der Waals surface area contributed by atoms with Gasteiger partial charge in [-0.05, 0) is 54.5 Å². The topological polar surface area (TPSA) is 95.5 Å². The Balaban J connectivity index is 2.07. The number of amides is 1. The number of aliphatic hydroxyl groups is 1. The van der Waals surface area contributed by atoms with Gasteiger partial charge in [-0.15, -0.1) is 0 Å². The molecule has 3 N–H and O–H groups in total. The standard InChI is InChI=1S/C29H42F2N2O4S/c1-4-8-26(9-5-2)38(36,37)13-12-29(35)33-27(17-23-15-24(30)18-25(31)16-23)28(34)20-32-19-22-11-7-10-21(6-3)14-22/h7,10-11,14-16,18,26-28,32,34H,4-6,8-9,12-13,17,19-20H2,1-3H3,(H,33,35)/t27-,28+/m0/s1. The van der Waals surface area contributed by atoms with Crippen molar-refractivity contribution in [3.8, 4) is 0 Å². The third-order valence-electron chi connectivity index (χ3n) is 6.61. The highest BCUT2D eigenvalue weighted by molar-refractivity contribution is 7.92. The Morgan fingerprint density at radius 3 is 2.18 bits per heavy atom. The number of nitrogens with one attached hydrogen (secondary N) is 2. The van der Waals surface area contributed by atoms with E-state index in [-0.39, 0.29) is 30.7 Å². The van der Waals surface area contributed by atoms with Gasteiger partial charge < -0.3 is 15.7 Å². The summed E-state index contributed by atoms with van der Waals surface area (Å²) in [5, 5.41) is 16.3. The van der Waals surface area contributed by atoms with Gasteiger partial charge >= 0.3 is 0 Å². The predicted octanol–water partition coefficient (Wildman–Crippen LogP) is 4.48. The van der Waals surface area contributed by atoms with Gasteiger partial charge in [0.05, 0.1) is 23.1 Å². The van der Waals surface area contributed by atoms with Crippen LogP contribution in [0.3, 0.4) is 0 Å². The van der Waals surface area contributed by atoms with Crippen LogP contribution in [0.15, 0.2) is 42.5 Å². The maximum atomic E-state index is 13.8. The lowest BCUT2D eigenvalue weighted by atomic mass is 10.00. The van der Waals surface area contributed by atoms with Gasteiger partial charge in [-0.3, -0.25) is 4.79 Å². The number of aryl methyl sites for hydroxylation is 1. The van der Waals surface area contributed by atoms with E-state index in [4.69, 9.17) is 0 Å². The molecular weight excluding hydrogens is 510 g/mol. The van der Waals surface area contributed by atoms with E-state index in [0.717, 1.165) is 43.0 Å². The Morgan fingerprint density at radius 1 is 0.947 bits per heavy atom. The van der Waals surface area contributed by atoms with Crippen LogP contribution in [-0.4, -0.2) is 49.1 Å². The van der Waals surface area contributed by atoms with E-state index in [9.17, 15) is 27.1 Å². The first-order chi connectivity index (χ1) is 18.1. The van der Waals surface area contributed by atoms with E-state index in [2.05, 4.69) is 23.6 Å². The minimum absolute atomic E-state index is 0.0182. The number of benzene rings is 2. The zero-order chi connectivity index (χ0) is 28.1. The molecule has 2 aromatic carbocycles. The first-order valence-corrected chi connectivity index (χ1v) is 15.2. The smallest absolute Gasteiger partial charge is 0.221 e. The normalized spacial score (nSPS) is 13.4. The molecule has 0 heterocycles. The minimum Gasteiger partial charge on any atom is -0.390 e. The predicted molar refractivity (Wildman–Crippen MR) is 148 cm³/mol. The molecule has 0 aliphatic rings. The number of hydrogen-bond donors (Lipinski definition) is 3. The number of halogens is 2. The van der Waals surface area contributed by atoms with Crippen LogP contribution in [0.5, 0.6) is 0 Å². The maximum Gasteiger partial charge on any atom is 0.221 e. The Hall–Kier alpha value is -2.36. The van der Waals surface area contributed by atoms with E-state index < -0.39 is 44.8 Å². The van der Waals surface area contributed by atoms with Gasteiger partial charge in [-0.1, -0.05) is 57.9 Å². The lowest BCUT2D eigenvalue weighted by molar-refractivity contribution is -0.122. The maximum absolute atomic E-state index is 13.8. The van der Waals surface area contributed by atoms with Crippen molar-refractivity contribution in [1.82, 2.24) is 10.6 Å². The van der Waals surface area contributed by atoms with Crippen LogP contribution < -0.4 is 10.6 Å². The molecule has 2 atom stereocenters. The number of carbonyl (C=O) groups is 1. The zero-order valence-corrected chi connectivity index (χ0v) is 23.5. The highest BCUT2D eigenvalue weighted by Gasteiger charge is 2.27. The largest absolute Gasteiger partial charge is 0.390 e. The summed E-state index contributed by atoms with van der Waals surface area (Å²) in [6.45, 7) is 6.54. The van der Waals surface area contributed by atoms with E-state index in [1.165, 1.54) is 5.56 Å². The molecule has 1 amide bonds. The molecular formula is C29H42F2N2O4S. The van der Waals surface area contributed by atoms with Crippen molar-refractivity contribution in [2.75, 3.05) is 12.3 Å². The quantitative estimate of drug-likeness (QED) is 0.269. The van der Waals surface area contributed by atoms with Crippen LogP contribution in [-0.2, 0) is 34.0 Å². The second-order valence-electron chi connectivity index (χ2n) is 9.84. The second kappa shape index (κ2) is 15.9. The summed E-state index contributed by atoms with van der Waals surface area (Å²) in [4.78, 5) is 12.8. The fourth-order valence-corrected chi connectivity index (χ4v) is 6.55. The zero-order valence-electron chi connectivity index (χ0n) is 22.7. The van der Waals surface area contributed by atoms with Gasteiger partial charge in [0.1, 0.15) is 11.6 Å². The van der Waals surface area contributed by atoms with Crippen LogP contribution in [0.1, 0.15) is 69.6 Å². The lowest BCUT2D eigenvalue weighted by Crippen LogP contribution is -2.49. The van der Waals surface area contributed by atoms with Crippen molar-refractivity contribution < 1.29 is 27.1 Å². The molecule has 212 valence electrons. The van der Waals surface area contributed by atoms with Crippen LogP contribution >= 0.6 is 0 Å². The Bertz CT molecular complexity index is 1100. The molecule has 0 aliphatic carbocycles. The monoisotopic (exact) mass is 552 g/mol. The minimum atomic E-state index is -3.45. The third-order valence-corrected chi connectivity index (χ3v) is 8.87. The molecule has 0 saturated carbocycles. The summed E-state index contributed by atoms with van der Waals surface area (Å²) >= 11 is 0. The van der Waals surface area contributed by atoms with Gasteiger partial charge in [0.15, 0.2) is 9.84 Å². The number of sulfone groups is 1. The van der Waals surface area contributed by atoms with Crippen LogP contribution in [0, 0.1) is 11.6 Å².